The molecule has 3 aromatic carbocycles. The van der Waals surface area contributed by atoms with Gasteiger partial charge in [-0.3, -0.25) is 24.8 Å². The molecule has 2 aliphatic heterocycles. The predicted molar refractivity (Wildman–Crippen MR) is 128 cm³/mol. The maximum absolute atomic E-state index is 13.6. The molecule has 0 saturated carbocycles. The number of ether oxygens (including phenoxy) is 1. The van der Waals surface area contributed by atoms with E-state index in [0.29, 0.717) is 22.8 Å². The van der Waals surface area contributed by atoms with Gasteiger partial charge in [0.05, 0.1) is 24.1 Å². The highest BCUT2D eigenvalue weighted by Gasteiger charge is 2.54. The Morgan fingerprint density at radius 3 is 2.32 bits per heavy atom. The van der Waals surface area contributed by atoms with E-state index in [1.165, 1.54) is 7.11 Å². The molecular weight excluding hydrogens is 432 g/mol. The molecule has 2 heterocycles. The smallest absolute Gasteiger partial charge is 0.274 e. The number of aryl methyl sites for hydroxylation is 1. The summed E-state index contributed by atoms with van der Waals surface area (Å²) in [7, 11) is 1.48. The molecule has 2 aliphatic rings. The van der Waals surface area contributed by atoms with E-state index >= 15 is 0 Å². The molecule has 8 nitrogen and oxygen atoms in total. The molecule has 3 aromatic rings. The summed E-state index contributed by atoms with van der Waals surface area (Å²) < 4.78 is 5.38. The normalized spacial score (nSPS) is 17.1. The number of fused-ring (bicyclic) bond motifs is 1. The van der Waals surface area contributed by atoms with Gasteiger partial charge in [0.2, 0.25) is 0 Å². The Morgan fingerprint density at radius 1 is 0.941 bits per heavy atom. The van der Waals surface area contributed by atoms with Crippen molar-refractivity contribution in [2.24, 2.45) is 0 Å². The molecule has 0 spiro atoms. The van der Waals surface area contributed by atoms with E-state index in [-0.39, 0.29) is 11.3 Å². The number of hydrogen-bond acceptors (Lipinski definition) is 6. The van der Waals surface area contributed by atoms with Crippen LogP contribution in [0.15, 0.2) is 90.1 Å². The fourth-order valence-corrected chi connectivity index (χ4v) is 4.16. The number of amides is 3. The Bertz CT molecular complexity index is 1320. The maximum Gasteiger partial charge on any atom is 0.274 e. The number of methoxy groups -OCH3 is 1. The van der Waals surface area contributed by atoms with Crippen molar-refractivity contribution in [3.05, 3.63) is 95.7 Å². The van der Waals surface area contributed by atoms with Crippen molar-refractivity contribution in [1.82, 2.24) is 5.43 Å². The molecule has 0 unspecified atom stereocenters. The van der Waals surface area contributed by atoms with E-state index in [1.54, 1.807) is 53.5 Å². The molecule has 2 N–H and O–H groups in total. The van der Waals surface area contributed by atoms with E-state index in [9.17, 15) is 14.4 Å². The fourth-order valence-electron chi connectivity index (χ4n) is 4.16. The van der Waals surface area contributed by atoms with Crippen LogP contribution in [0.4, 0.5) is 17.1 Å². The number of anilines is 3. The summed E-state index contributed by atoms with van der Waals surface area (Å²) in [4.78, 5) is 41.6. The van der Waals surface area contributed by atoms with Crippen LogP contribution >= 0.6 is 0 Å². The summed E-state index contributed by atoms with van der Waals surface area (Å²) in [5.74, 6) is -1.17. The number of hydrazine groups is 1. The number of rotatable bonds is 5. The highest BCUT2D eigenvalue weighted by molar-refractivity contribution is 6.34. The first-order chi connectivity index (χ1) is 16.5. The van der Waals surface area contributed by atoms with Gasteiger partial charge in [-0.2, -0.15) is 0 Å². The van der Waals surface area contributed by atoms with Crippen LogP contribution in [0.1, 0.15) is 5.56 Å². The van der Waals surface area contributed by atoms with Crippen molar-refractivity contribution in [2.75, 3.05) is 22.3 Å². The van der Waals surface area contributed by atoms with Crippen molar-refractivity contribution < 1.29 is 19.1 Å². The molecule has 0 radical (unpaired) electrons. The van der Waals surface area contributed by atoms with Crippen LogP contribution in [0.3, 0.4) is 0 Å². The predicted octanol–water partition coefficient (Wildman–Crippen LogP) is 3.16. The molecule has 1 atom stereocenters. The zero-order valence-corrected chi connectivity index (χ0v) is 18.6. The van der Waals surface area contributed by atoms with Crippen LogP contribution in [0.25, 0.3) is 0 Å². The summed E-state index contributed by atoms with van der Waals surface area (Å²) in [6.45, 7) is 1.96. The number of para-hydroxylation sites is 3. The molecule has 5 rings (SSSR count). The average Bonchev–Trinajstić information content (AvgIpc) is 3.37. The molecular formula is C26H22N4O4. The van der Waals surface area contributed by atoms with Crippen molar-refractivity contribution in [3.8, 4) is 5.75 Å². The Hall–Kier alpha value is -4.59. The molecule has 0 bridgehead atoms. The van der Waals surface area contributed by atoms with Crippen LogP contribution < -0.4 is 25.4 Å². The van der Waals surface area contributed by atoms with Crippen LogP contribution in [0.5, 0.6) is 5.75 Å². The van der Waals surface area contributed by atoms with Gasteiger partial charge in [-0.25, -0.2) is 4.90 Å². The average molecular weight is 454 g/mol. The zero-order valence-electron chi connectivity index (χ0n) is 18.6. The van der Waals surface area contributed by atoms with Gasteiger partial charge in [-0.1, -0.05) is 48.0 Å². The number of nitrogens with one attached hydrogen (secondary N) is 2. The van der Waals surface area contributed by atoms with Crippen molar-refractivity contribution in [2.45, 2.75) is 13.0 Å². The second-order valence-electron chi connectivity index (χ2n) is 7.98. The van der Waals surface area contributed by atoms with Gasteiger partial charge in [0.1, 0.15) is 11.4 Å². The molecule has 34 heavy (non-hydrogen) atoms. The summed E-state index contributed by atoms with van der Waals surface area (Å²) in [5, 5.41) is 4.36. The third kappa shape index (κ3) is 3.45. The molecule has 170 valence electrons. The summed E-state index contributed by atoms with van der Waals surface area (Å²) in [6.07, 6.45) is 0. The van der Waals surface area contributed by atoms with E-state index in [4.69, 9.17) is 4.74 Å². The molecule has 8 heteroatoms. The topological polar surface area (TPSA) is 91.0 Å². The van der Waals surface area contributed by atoms with E-state index in [0.717, 1.165) is 10.5 Å². The molecule has 1 saturated heterocycles. The van der Waals surface area contributed by atoms with E-state index in [2.05, 4.69) is 10.7 Å². The first kappa shape index (κ1) is 21.3. The lowest BCUT2D eigenvalue weighted by Crippen LogP contribution is -2.47. The highest BCUT2D eigenvalue weighted by Crippen LogP contribution is 2.39. The van der Waals surface area contributed by atoms with Gasteiger partial charge < -0.3 is 10.1 Å². The summed E-state index contributed by atoms with van der Waals surface area (Å²) >= 11 is 0. The first-order valence-electron chi connectivity index (χ1n) is 10.7. The van der Waals surface area contributed by atoms with E-state index < -0.39 is 23.8 Å². The van der Waals surface area contributed by atoms with Gasteiger partial charge in [0, 0.05) is 5.69 Å². The fraction of sp³-hybridized carbons (Fsp3) is 0.115. The number of benzene rings is 3. The monoisotopic (exact) mass is 454 g/mol. The first-order valence-corrected chi connectivity index (χ1v) is 10.7. The number of carbonyl (C=O) groups is 3. The minimum absolute atomic E-state index is 0.0326. The van der Waals surface area contributed by atoms with Gasteiger partial charge in [0.25, 0.3) is 17.7 Å². The Balaban J connectivity index is 1.60. The lowest BCUT2D eigenvalue weighted by molar-refractivity contribution is -0.121. The van der Waals surface area contributed by atoms with Crippen molar-refractivity contribution >= 4 is 34.8 Å². The van der Waals surface area contributed by atoms with Crippen molar-refractivity contribution in [3.63, 3.8) is 0 Å². The quantitative estimate of drug-likeness (QED) is 0.576. The number of hydrogen-bond donors (Lipinski definition) is 2. The number of nitrogens with zero attached hydrogens (tertiary/aromatic N) is 2. The van der Waals surface area contributed by atoms with Crippen LogP contribution in [0, 0.1) is 6.92 Å². The SMILES string of the molecule is COc1ccccc1N1C(=O)C2=C(C(=O)Nc3ccccc3)NN(c3ccc(C)cc3)[C@@H]2C1=O. The van der Waals surface area contributed by atoms with Gasteiger partial charge in [-0.05, 0) is 43.3 Å². The second kappa shape index (κ2) is 8.40. The van der Waals surface area contributed by atoms with Crippen LogP contribution in [-0.4, -0.2) is 30.9 Å². The second-order valence-corrected chi connectivity index (χ2v) is 7.98. The van der Waals surface area contributed by atoms with E-state index in [1.807, 2.05) is 37.3 Å². The molecule has 3 amide bonds. The Labute approximate surface area is 196 Å². The lowest BCUT2D eigenvalue weighted by Gasteiger charge is -2.26. The lowest BCUT2D eigenvalue weighted by atomic mass is 10.1. The van der Waals surface area contributed by atoms with Crippen molar-refractivity contribution in [1.29, 1.82) is 0 Å². The highest BCUT2D eigenvalue weighted by atomic mass is 16.5. The largest absolute Gasteiger partial charge is 0.495 e. The molecule has 0 aliphatic carbocycles. The van der Waals surface area contributed by atoms with Crippen LogP contribution in [-0.2, 0) is 14.4 Å². The Morgan fingerprint density at radius 2 is 1.62 bits per heavy atom. The zero-order chi connectivity index (χ0) is 23.8. The number of carbonyl (C=O) groups excluding carboxylic acids is 3. The standard InChI is InChI=1S/C26H22N4O4/c1-16-12-14-18(15-13-16)30-23-21(22(28-30)24(31)27-17-8-4-3-5-9-17)25(32)29(26(23)33)19-10-6-7-11-20(19)34-2/h3-15,23,28H,1-2H3,(H,27,31)/t23-/m0/s1. The van der Waals surface area contributed by atoms with Gasteiger partial charge in [0.15, 0.2) is 6.04 Å². The van der Waals surface area contributed by atoms with Gasteiger partial charge in [-0.15, -0.1) is 0 Å². The summed E-state index contributed by atoms with van der Waals surface area (Å²) in [6, 6.07) is 22.2. The minimum Gasteiger partial charge on any atom is -0.495 e. The third-order valence-electron chi connectivity index (χ3n) is 5.82. The third-order valence-corrected chi connectivity index (χ3v) is 5.82. The Kier molecular flexibility index (Phi) is 5.25. The molecule has 0 aromatic heterocycles. The molecule has 1 fully saturated rings. The maximum atomic E-state index is 13.6. The van der Waals surface area contributed by atoms with Crippen LogP contribution in [0.2, 0.25) is 0 Å². The van der Waals surface area contributed by atoms with Gasteiger partial charge >= 0.3 is 0 Å². The summed E-state index contributed by atoms with van der Waals surface area (Å²) in [5.41, 5.74) is 5.73. The minimum atomic E-state index is -1.00. The number of imide groups is 1.